The summed E-state index contributed by atoms with van der Waals surface area (Å²) in [6.07, 6.45) is 8.37. The molecule has 0 bridgehead atoms. The minimum atomic E-state index is 0.0439. The van der Waals surface area contributed by atoms with Gasteiger partial charge in [-0.25, -0.2) is 0 Å². The van der Waals surface area contributed by atoms with Crippen molar-refractivity contribution >= 4 is 17.5 Å². The van der Waals surface area contributed by atoms with Crippen LogP contribution in [0.15, 0.2) is 18.2 Å². The number of hydrogen-bond acceptors (Lipinski definition) is 2. The van der Waals surface area contributed by atoms with E-state index in [0.29, 0.717) is 17.0 Å². The standard InChI is InChI=1S/C24H31ClN2O2/c1-15-11-23(29-3)20(12-21(15)25)22-13-19(16(2)27(22)14-17-9-10-17)24(28)26-18-7-5-4-6-8-18/h11-13,17-18H,4-10,14H2,1-3H3,(H,26,28). The Morgan fingerprint density at radius 3 is 2.52 bits per heavy atom. The zero-order chi connectivity index (χ0) is 20.5. The van der Waals surface area contributed by atoms with Crippen LogP contribution in [0.4, 0.5) is 0 Å². The molecular formula is C24H31ClN2O2. The van der Waals surface area contributed by atoms with Gasteiger partial charge in [-0.1, -0.05) is 30.9 Å². The van der Waals surface area contributed by atoms with E-state index in [4.69, 9.17) is 16.3 Å². The summed E-state index contributed by atoms with van der Waals surface area (Å²) >= 11 is 6.46. The number of aromatic nitrogens is 1. The van der Waals surface area contributed by atoms with Crippen LogP contribution in [-0.4, -0.2) is 23.6 Å². The second-order valence-corrected chi connectivity index (χ2v) is 9.10. The molecule has 0 aliphatic heterocycles. The van der Waals surface area contributed by atoms with Crippen molar-refractivity contribution in [2.24, 2.45) is 5.92 Å². The highest BCUT2D eigenvalue weighted by Gasteiger charge is 2.28. The molecule has 1 aromatic heterocycles. The molecule has 2 saturated carbocycles. The molecule has 2 fully saturated rings. The Bertz CT molecular complexity index is 908. The van der Waals surface area contributed by atoms with E-state index < -0.39 is 0 Å². The van der Waals surface area contributed by atoms with Gasteiger partial charge in [-0.3, -0.25) is 4.79 Å². The van der Waals surface area contributed by atoms with Crippen molar-refractivity contribution in [1.29, 1.82) is 0 Å². The first-order chi connectivity index (χ1) is 14.0. The molecule has 0 atom stereocenters. The predicted octanol–water partition coefficient (Wildman–Crippen LogP) is 5.91. The lowest BCUT2D eigenvalue weighted by Gasteiger charge is -2.22. The minimum absolute atomic E-state index is 0.0439. The lowest BCUT2D eigenvalue weighted by Crippen LogP contribution is -2.36. The maximum absolute atomic E-state index is 13.1. The zero-order valence-electron chi connectivity index (χ0n) is 17.7. The molecule has 1 heterocycles. The summed E-state index contributed by atoms with van der Waals surface area (Å²) in [5.74, 6) is 1.53. The number of rotatable bonds is 6. The van der Waals surface area contributed by atoms with Gasteiger partial charge in [-0.15, -0.1) is 0 Å². The normalized spacial score (nSPS) is 17.4. The van der Waals surface area contributed by atoms with Crippen molar-refractivity contribution < 1.29 is 9.53 Å². The molecule has 4 nitrogen and oxygen atoms in total. The van der Waals surface area contributed by atoms with Gasteiger partial charge in [0.1, 0.15) is 5.75 Å². The van der Waals surface area contributed by atoms with Crippen molar-refractivity contribution in [3.05, 3.63) is 40.0 Å². The SMILES string of the molecule is COc1cc(C)c(Cl)cc1-c1cc(C(=O)NC2CCCCC2)c(C)n1CC1CC1. The zero-order valence-corrected chi connectivity index (χ0v) is 18.4. The lowest BCUT2D eigenvalue weighted by atomic mass is 9.95. The first-order valence-corrected chi connectivity index (χ1v) is 11.2. The van der Waals surface area contributed by atoms with Gasteiger partial charge < -0.3 is 14.6 Å². The van der Waals surface area contributed by atoms with Gasteiger partial charge in [0.15, 0.2) is 0 Å². The smallest absolute Gasteiger partial charge is 0.253 e. The number of amides is 1. The van der Waals surface area contributed by atoms with Crippen molar-refractivity contribution in [2.75, 3.05) is 7.11 Å². The Morgan fingerprint density at radius 1 is 1.14 bits per heavy atom. The molecule has 0 spiro atoms. The van der Waals surface area contributed by atoms with Gasteiger partial charge in [0.25, 0.3) is 5.91 Å². The second kappa shape index (κ2) is 8.43. The van der Waals surface area contributed by atoms with Crippen LogP contribution in [0.3, 0.4) is 0 Å². The van der Waals surface area contributed by atoms with Gasteiger partial charge in [0.2, 0.25) is 0 Å². The number of hydrogen-bond donors (Lipinski definition) is 1. The predicted molar refractivity (Wildman–Crippen MR) is 118 cm³/mol. The average Bonchev–Trinajstić information content (AvgIpc) is 3.48. The molecule has 0 radical (unpaired) electrons. The molecule has 156 valence electrons. The monoisotopic (exact) mass is 414 g/mol. The quantitative estimate of drug-likeness (QED) is 0.638. The summed E-state index contributed by atoms with van der Waals surface area (Å²) in [5, 5.41) is 3.99. The van der Waals surface area contributed by atoms with E-state index >= 15 is 0 Å². The largest absolute Gasteiger partial charge is 0.496 e. The Kier molecular flexibility index (Phi) is 5.91. The number of ether oxygens (including phenoxy) is 1. The van der Waals surface area contributed by atoms with E-state index in [1.807, 2.05) is 25.1 Å². The fourth-order valence-corrected chi connectivity index (χ4v) is 4.59. The lowest BCUT2D eigenvalue weighted by molar-refractivity contribution is 0.0927. The second-order valence-electron chi connectivity index (χ2n) is 8.69. The summed E-state index contributed by atoms with van der Waals surface area (Å²) < 4.78 is 7.96. The molecule has 29 heavy (non-hydrogen) atoms. The summed E-state index contributed by atoms with van der Waals surface area (Å²) in [6, 6.07) is 6.27. The fourth-order valence-electron chi connectivity index (χ4n) is 4.43. The number of benzene rings is 1. The molecule has 1 aromatic carbocycles. The maximum Gasteiger partial charge on any atom is 0.253 e. The van der Waals surface area contributed by atoms with E-state index in [2.05, 4.69) is 16.8 Å². The van der Waals surface area contributed by atoms with Gasteiger partial charge in [-0.2, -0.15) is 0 Å². The van der Waals surface area contributed by atoms with E-state index in [0.717, 1.165) is 53.2 Å². The summed E-state index contributed by atoms with van der Waals surface area (Å²) in [5.41, 5.74) is 4.74. The van der Waals surface area contributed by atoms with Gasteiger partial charge in [0.05, 0.1) is 18.4 Å². The van der Waals surface area contributed by atoms with E-state index in [9.17, 15) is 4.79 Å². The number of aryl methyl sites for hydroxylation is 1. The first-order valence-electron chi connectivity index (χ1n) is 10.8. The molecule has 2 aliphatic rings. The molecule has 5 heteroatoms. The molecule has 2 aliphatic carbocycles. The van der Waals surface area contributed by atoms with E-state index in [1.54, 1.807) is 7.11 Å². The third kappa shape index (κ3) is 4.32. The van der Waals surface area contributed by atoms with Crippen LogP contribution in [0.5, 0.6) is 5.75 Å². The highest BCUT2D eigenvalue weighted by atomic mass is 35.5. The summed E-state index contributed by atoms with van der Waals surface area (Å²) in [4.78, 5) is 13.1. The Morgan fingerprint density at radius 2 is 1.86 bits per heavy atom. The highest BCUT2D eigenvalue weighted by Crippen LogP contribution is 2.39. The number of carbonyl (C=O) groups is 1. The van der Waals surface area contributed by atoms with Gasteiger partial charge >= 0.3 is 0 Å². The van der Waals surface area contributed by atoms with Crippen molar-refractivity contribution in [1.82, 2.24) is 9.88 Å². The maximum atomic E-state index is 13.1. The highest BCUT2D eigenvalue weighted by molar-refractivity contribution is 6.31. The van der Waals surface area contributed by atoms with Crippen LogP contribution in [0.1, 0.15) is 66.6 Å². The van der Waals surface area contributed by atoms with E-state index in [1.165, 1.54) is 32.1 Å². The van der Waals surface area contributed by atoms with Gasteiger partial charge in [0, 0.05) is 28.9 Å². The van der Waals surface area contributed by atoms with Crippen molar-refractivity contribution in [3.8, 4) is 17.0 Å². The molecule has 4 rings (SSSR count). The molecule has 0 unspecified atom stereocenters. The van der Waals surface area contributed by atoms with Crippen LogP contribution in [0.2, 0.25) is 5.02 Å². The van der Waals surface area contributed by atoms with Crippen LogP contribution in [0.25, 0.3) is 11.3 Å². The molecule has 1 N–H and O–H groups in total. The number of nitrogens with zero attached hydrogens (tertiary/aromatic N) is 1. The Labute approximate surface area is 178 Å². The molecule has 0 saturated heterocycles. The Balaban J connectivity index is 1.72. The van der Waals surface area contributed by atoms with Crippen LogP contribution in [-0.2, 0) is 6.54 Å². The minimum Gasteiger partial charge on any atom is -0.496 e. The van der Waals surface area contributed by atoms with Crippen molar-refractivity contribution in [2.45, 2.75) is 71.4 Å². The average molecular weight is 415 g/mol. The number of nitrogens with one attached hydrogen (secondary N) is 1. The number of halogens is 1. The number of carbonyl (C=O) groups excluding carboxylic acids is 1. The van der Waals surface area contributed by atoms with Crippen molar-refractivity contribution in [3.63, 3.8) is 0 Å². The number of methoxy groups -OCH3 is 1. The fraction of sp³-hybridized carbons (Fsp3) is 0.542. The molecular weight excluding hydrogens is 384 g/mol. The topological polar surface area (TPSA) is 43.3 Å². The van der Waals surface area contributed by atoms with Crippen LogP contribution in [0, 0.1) is 19.8 Å². The summed E-state index contributed by atoms with van der Waals surface area (Å²) in [7, 11) is 1.68. The van der Waals surface area contributed by atoms with Crippen LogP contribution >= 0.6 is 11.6 Å². The van der Waals surface area contributed by atoms with Crippen LogP contribution < -0.4 is 10.1 Å². The molecule has 1 amide bonds. The third-order valence-corrected chi connectivity index (χ3v) is 6.85. The van der Waals surface area contributed by atoms with E-state index in [-0.39, 0.29) is 5.91 Å². The summed E-state index contributed by atoms with van der Waals surface area (Å²) in [6.45, 7) is 4.97. The Hall–Kier alpha value is -1.94. The third-order valence-electron chi connectivity index (χ3n) is 6.45. The first kappa shape index (κ1) is 20.3. The van der Waals surface area contributed by atoms with Gasteiger partial charge in [-0.05, 0) is 69.2 Å². The molecule has 2 aromatic rings.